The third-order valence-electron chi connectivity index (χ3n) is 5.57. The molecule has 32 heavy (non-hydrogen) atoms. The van der Waals surface area contributed by atoms with E-state index in [9.17, 15) is 9.59 Å². The monoisotopic (exact) mass is 428 g/mol. The molecule has 8 nitrogen and oxygen atoms in total. The number of aromatic nitrogens is 2. The fourth-order valence-electron chi connectivity index (χ4n) is 3.73. The van der Waals surface area contributed by atoms with Gasteiger partial charge >= 0.3 is 6.03 Å². The SMILES string of the molecule is C[C@H](Oc1ccc2ccccc2c1)c1nc(-c2cccc(C3(C)NC(=O)NC3=O)c2)no1. The Balaban J connectivity index is 1.37. The van der Waals surface area contributed by atoms with Crippen molar-refractivity contribution in [3.63, 3.8) is 0 Å². The van der Waals surface area contributed by atoms with Crippen LogP contribution in [0.5, 0.6) is 5.75 Å². The Morgan fingerprint density at radius 1 is 1.00 bits per heavy atom. The van der Waals surface area contributed by atoms with Crippen LogP contribution >= 0.6 is 0 Å². The maximum atomic E-state index is 12.2. The van der Waals surface area contributed by atoms with Crippen LogP contribution in [0.4, 0.5) is 4.79 Å². The molecular weight excluding hydrogens is 408 g/mol. The first-order valence-electron chi connectivity index (χ1n) is 10.2. The Hall–Kier alpha value is -4.20. The van der Waals surface area contributed by atoms with Gasteiger partial charge in [-0.05, 0) is 48.4 Å². The number of nitrogens with one attached hydrogen (secondary N) is 2. The van der Waals surface area contributed by atoms with Crippen LogP contribution < -0.4 is 15.4 Å². The van der Waals surface area contributed by atoms with Gasteiger partial charge in [0, 0.05) is 5.56 Å². The molecule has 3 amide bonds. The number of carbonyl (C=O) groups is 2. The van der Waals surface area contributed by atoms with Crippen LogP contribution in [0.15, 0.2) is 71.3 Å². The summed E-state index contributed by atoms with van der Waals surface area (Å²) in [4.78, 5) is 28.3. The van der Waals surface area contributed by atoms with E-state index in [0.717, 1.165) is 10.8 Å². The molecule has 1 aromatic heterocycles. The minimum Gasteiger partial charge on any atom is -0.481 e. The molecule has 1 saturated heterocycles. The molecule has 8 heteroatoms. The maximum absolute atomic E-state index is 12.2. The number of ether oxygens (including phenoxy) is 1. The van der Waals surface area contributed by atoms with Crippen LogP contribution in [0.25, 0.3) is 22.2 Å². The number of fused-ring (bicyclic) bond motifs is 1. The highest BCUT2D eigenvalue weighted by Gasteiger charge is 2.43. The molecule has 0 aliphatic carbocycles. The van der Waals surface area contributed by atoms with Gasteiger partial charge in [0.05, 0.1) is 0 Å². The summed E-state index contributed by atoms with van der Waals surface area (Å²) in [6.07, 6.45) is -0.460. The lowest BCUT2D eigenvalue weighted by Gasteiger charge is -2.21. The lowest BCUT2D eigenvalue weighted by Crippen LogP contribution is -2.40. The van der Waals surface area contributed by atoms with Crippen LogP contribution in [-0.2, 0) is 10.3 Å². The van der Waals surface area contributed by atoms with Crippen molar-refractivity contribution in [2.45, 2.75) is 25.5 Å². The summed E-state index contributed by atoms with van der Waals surface area (Å²) >= 11 is 0. The molecule has 2 heterocycles. The minimum absolute atomic E-state index is 0.330. The van der Waals surface area contributed by atoms with E-state index in [1.54, 1.807) is 25.1 Å². The average molecular weight is 428 g/mol. The number of benzene rings is 3. The van der Waals surface area contributed by atoms with E-state index in [2.05, 4.69) is 20.8 Å². The summed E-state index contributed by atoms with van der Waals surface area (Å²) in [5, 5.41) is 11.2. The number of rotatable bonds is 5. The van der Waals surface area contributed by atoms with Crippen molar-refractivity contribution in [2.75, 3.05) is 0 Å². The van der Waals surface area contributed by atoms with Gasteiger partial charge in [-0.2, -0.15) is 4.98 Å². The van der Waals surface area contributed by atoms with Gasteiger partial charge in [0.25, 0.3) is 11.8 Å². The standard InChI is InChI=1S/C24H20N4O4/c1-14(31-19-11-10-15-6-3-4-7-16(15)13-19)21-25-20(28-32-21)17-8-5-9-18(12-17)24(2)22(29)26-23(30)27-24/h3-14H,1-2H3,(H2,26,27,29,30)/t14-,24?/m0/s1. The minimum atomic E-state index is -1.16. The van der Waals surface area contributed by atoms with Crippen molar-refractivity contribution >= 4 is 22.7 Å². The Bertz CT molecular complexity index is 1350. The molecule has 1 unspecified atom stereocenters. The third-order valence-corrected chi connectivity index (χ3v) is 5.57. The van der Waals surface area contributed by atoms with Gasteiger partial charge in [0.2, 0.25) is 5.82 Å². The van der Waals surface area contributed by atoms with Gasteiger partial charge in [-0.15, -0.1) is 0 Å². The number of amides is 3. The molecule has 1 aliphatic rings. The Morgan fingerprint density at radius 2 is 1.81 bits per heavy atom. The molecular formula is C24H20N4O4. The van der Waals surface area contributed by atoms with Crippen molar-refractivity contribution in [3.05, 3.63) is 78.2 Å². The number of hydrogen-bond donors (Lipinski definition) is 2. The maximum Gasteiger partial charge on any atom is 0.322 e. The molecule has 2 atom stereocenters. The van der Waals surface area contributed by atoms with Gasteiger partial charge < -0.3 is 14.6 Å². The van der Waals surface area contributed by atoms with Crippen LogP contribution in [0.3, 0.4) is 0 Å². The van der Waals surface area contributed by atoms with E-state index in [4.69, 9.17) is 9.26 Å². The Kier molecular flexibility index (Phi) is 4.62. The van der Waals surface area contributed by atoms with Crippen molar-refractivity contribution in [3.8, 4) is 17.1 Å². The second kappa shape index (κ2) is 7.49. The summed E-state index contributed by atoms with van der Waals surface area (Å²) in [6.45, 7) is 3.48. The lowest BCUT2D eigenvalue weighted by atomic mass is 9.91. The highest BCUT2D eigenvalue weighted by Crippen LogP contribution is 2.29. The molecule has 0 spiro atoms. The van der Waals surface area contributed by atoms with E-state index in [0.29, 0.717) is 28.6 Å². The number of nitrogens with zero attached hydrogens (tertiary/aromatic N) is 2. The Labute approximate surface area is 183 Å². The first-order chi connectivity index (χ1) is 15.4. The van der Waals surface area contributed by atoms with E-state index >= 15 is 0 Å². The van der Waals surface area contributed by atoms with Crippen LogP contribution in [0, 0.1) is 0 Å². The summed E-state index contributed by atoms with van der Waals surface area (Å²) < 4.78 is 11.4. The quantitative estimate of drug-likeness (QED) is 0.464. The molecule has 160 valence electrons. The molecule has 5 rings (SSSR count). The molecule has 1 fully saturated rings. The first kappa shape index (κ1) is 19.7. The van der Waals surface area contributed by atoms with Gasteiger partial charge in [0.15, 0.2) is 6.10 Å². The molecule has 4 aromatic rings. The summed E-state index contributed by atoms with van der Waals surface area (Å²) in [6, 6.07) is 20.5. The normalized spacial score (nSPS) is 18.9. The lowest BCUT2D eigenvalue weighted by molar-refractivity contribution is -0.123. The van der Waals surface area contributed by atoms with Gasteiger partial charge in [-0.25, -0.2) is 4.79 Å². The molecule has 2 N–H and O–H groups in total. The number of hydrogen-bond acceptors (Lipinski definition) is 6. The summed E-state index contributed by atoms with van der Waals surface area (Å²) in [7, 11) is 0. The number of imide groups is 1. The van der Waals surface area contributed by atoms with Crippen molar-refractivity contribution in [2.24, 2.45) is 0 Å². The highest BCUT2D eigenvalue weighted by molar-refractivity contribution is 6.07. The number of urea groups is 1. The van der Waals surface area contributed by atoms with E-state index < -0.39 is 23.6 Å². The fraction of sp³-hybridized carbons (Fsp3) is 0.167. The molecule has 0 saturated carbocycles. The predicted octanol–water partition coefficient (Wildman–Crippen LogP) is 4.08. The van der Waals surface area contributed by atoms with E-state index in [-0.39, 0.29) is 0 Å². The van der Waals surface area contributed by atoms with E-state index in [1.165, 1.54) is 0 Å². The van der Waals surface area contributed by atoms with E-state index in [1.807, 2.05) is 55.5 Å². The molecule has 0 radical (unpaired) electrons. The van der Waals surface area contributed by atoms with Gasteiger partial charge in [-0.1, -0.05) is 53.7 Å². The first-order valence-corrected chi connectivity index (χ1v) is 10.2. The van der Waals surface area contributed by atoms with Crippen molar-refractivity contribution < 1.29 is 18.8 Å². The van der Waals surface area contributed by atoms with Crippen LogP contribution in [-0.4, -0.2) is 22.1 Å². The summed E-state index contributed by atoms with van der Waals surface area (Å²) in [5.74, 6) is 0.987. The smallest absolute Gasteiger partial charge is 0.322 e. The zero-order chi connectivity index (χ0) is 22.3. The number of carbonyl (C=O) groups excluding carboxylic acids is 2. The largest absolute Gasteiger partial charge is 0.481 e. The predicted molar refractivity (Wildman–Crippen MR) is 117 cm³/mol. The van der Waals surface area contributed by atoms with Crippen LogP contribution in [0.2, 0.25) is 0 Å². The van der Waals surface area contributed by atoms with Gasteiger partial charge in [0.1, 0.15) is 11.3 Å². The zero-order valence-electron chi connectivity index (χ0n) is 17.5. The molecule has 1 aliphatic heterocycles. The average Bonchev–Trinajstić information content (AvgIpc) is 3.39. The van der Waals surface area contributed by atoms with Gasteiger partial charge in [-0.3, -0.25) is 10.1 Å². The summed E-state index contributed by atoms with van der Waals surface area (Å²) in [5.41, 5.74) is 0.113. The molecule has 3 aromatic carbocycles. The third kappa shape index (κ3) is 3.45. The zero-order valence-corrected chi connectivity index (χ0v) is 17.5. The van der Waals surface area contributed by atoms with Crippen molar-refractivity contribution in [1.82, 2.24) is 20.8 Å². The second-order valence-electron chi connectivity index (χ2n) is 7.84. The Morgan fingerprint density at radius 3 is 2.59 bits per heavy atom. The highest BCUT2D eigenvalue weighted by atomic mass is 16.5. The molecule has 0 bridgehead atoms. The van der Waals surface area contributed by atoms with Crippen molar-refractivity contribution in [1.29, 1.82) is 0 Å². The fourth-order valence-corrected chi connectivity index (χ4v) is 3.73. The van der Waals surface area contributed by atoms with Crippen LogP contribution in [0.1, 0.15) is 31.4 Å². The topological polar surface area (TPSA) is 106 Å². The second-order valence-corrected chi connectivity index (χ2v) is 7.84.